The van der Waals surface area contributed by atoms with Gasteiger partial charge in [0, 0.05) is 60.6 Å². The van der Waals surface area contributed by atoms with Crippen LogP contribution in [0.4, 0.5) is 0 Å². The van der Waals surface area contributed by atoms with Gasteiger partial charge >= 0.3 is 0 Å². The number of nitrogens with zero attached hydrogens (tertiary/aromatic N) is 2. The molecular weight excluding hydrogens is 415 g/mol. The molecule has 0 spiro atoms. The van der Waals surface area contributed by atoms with E-state index in [-0.39, 0.29) is 4.75 Å². The molecule has 0 amide bonds. The van der Waals surface area contributed by atoms with E-state index in [0.29, 0.717) is 28.4 Å². The largest absolute Gasteiger partial charge is 0.355 e. The standard InChI is InChI=1S/C20H32Cl2N4OS/c1-20(2,3)28(27)12-9-24-19(23-4)25-16-7-10-26(11-8-16)14-15-5-6-17(21)18(22)13-15/h5-6,13,16H,7-12,14H2,1-4H3,(H2,23,24,25). The summed E-state index contributed by atoms with van der Waals surface area (Å²) < 4.78 is 12.0. The summed E-state index contributed by atoms with van der Waals surface area (Å²) in [6, 6.07) is 6.23. The van der Waals surface area contributed by atoms with Crippen molar-refractivity contribution in [1.82, 2.24) is 15.5 Å². The molecule has 1 aliphatic rings. The van der Waals surface area contributed by atoms with E-state index in [0.717, 1.165) is 38.4 Å². The normalized spacial score (nSPS) is 18.1. The Balaban J connectivity index is 1.73. The summed E-state index contributed by atoms with van der Waals surface area (Å²) in [5, 5.41) is 7.99. The lowest BCUT2D eigenvalue weighted by Gasteiger charge is -2.33. The SMILES string of the molecule is CN=C(NCCS(=O)C(C)(C)C)NC1CCN(Cc2ccc(Cl)c(Cl)c2)CC1. The van der Waals surface area contributed by atoms with Crippen LogP contribution >= 0.6 is 23.2 Å². The molecule has 0 aliphatic carbocycles. The minimum atomic E-state index is -0.860. The summed E-state index contributed by atoms with van der Waals surface area (Å²) in [5.74, 6) is 1.40. The van der Waals surface area contributed by atoms with E-state index in [1.807, 2.05) is 39.0 Å². The molecule has 1 aliphatic heterocycles. The van der Waals surface area contributed by atoms with Crippen LogP contribution in [0.3, 0.4) is 0 Å². The van der Waals surface area contributed by atoms with Crippen molar-refractivity contribution in [2.75, 3.05) is 32.4 Å². The molecule has 1 atom stereocenters. The topological polar surface area (TPSA) is 56.7 Å². The predicted octanol–water partition coefficient (Wildman–Crippen LogP) is 3.67. The molecule has 0 aromatic heterocycles. The Kier molecular flexibility index (Phi) is 9.06. The Morgan fingerprint density at radius 1 is 1.25 bits per heavy atom. The van der Waals surface area contributed by atoms with Crippen LogP contribution in [-0.4, -0.2) is 58.3 Å². The summed E-state index contributed by atoms with van der Waals surface area (Å²) in [6.45, 7) is 9.58. The summed E-state index contributed by atoms with van der Waals surface area (Å²) in [4.78, 5) is 6.73. The molecule has 1 aromatic rings. The smallest absolute Gasteiger partial charge is 0.191 e. The van der Waals surface area contributed by atoms with Gasteiger partial charge in [0.15, 0.2) is 5.96 Å². The van der Waals surface area contributed by atoms with Crippen LogP contribution in [0.5, 0.6) is 0 Å². The molecule has 5 nitrogen and oxygen atoms in total. The minimum Gasteiger partial charge on any atom is -0.355 e. The second kappa shape index (κ2) is 10.8. The second-order valence-electron chi connectivity index (χ2n) is 8.10. The minimum absolute atomic E-state index is 0.181. The van der Waals surface area contributed by atoms with Gasteiger partial charge in [0.05, 0.1) is 10.0 Å². The summed E-state index contributed by atoms with van der Waals surface area (Å²) >= 11 is 12.1. The van der Waals surface area contributed by atoms with Gasteiger partial charge in [-0.15, -0.1) is 0 Å². The molecule has 1 aromatic carbocycles. The van der Waals surface area contributed by atoms with E-state index in [1.54, 1.807) is 7.05 Å². The van der Waals surface area contributed by atoms with Gasteiger partial charge in [-0.2, -0.15) is 0 Å². The Hall–Kier alpha value is -0.820. The third-order valence-electron chi connectivity index (χ3n) is 4.81. The van der Waals surface area contributed by atoms with Crippen LogP contribution in [0.15, 0.2) is 23.2 Å². The van der Waals surface area contributed by atoms with Crippen molar-refractivity contribution in [3.05, 3.63) is 33.8 Å². The van der Waals surface area contributed by atoms with E-state index >= 15 is 0 Å². The third-order valence-corrected chi connectivity index (χ3v) is 7.49. The van der Waals surface area contributed by atoms with Crippen molar-refractivity contribution in [1.29, 1.82) is 0 Å². The van der Waals surface area contributed by atoms with Gasteiger partial charge in [-0.05, 0) is 51.3 Å². The third kappa shape index (κ3) is 7.54. The Morgan fingerprint density at radius 3 is 2.50 bits per heavy atom. The lowest BCUT2D eigenvalue weighted by atomic mass is 10.0. The van der Waals surface area contributed by atoms with Gasteiger partial charge in [0.25, 0.3) is 0 Å². The lowest BCUT2D eigenvalue weighted by molar-refractivity contribution is 0.198. The van der Waals surface area contributed by atoms with Crippen LogP contribution in [0.25, 0.3) is 0 Å². The van der Waals surface area contributed by atoms with E-state index in [9.17, 15) is 4.21 Å². The highest BCUT2D eigenvalue weighted by molar-refractivity contribution is 7.86. The summed E-state index contributed by atoms with van der Waals surface area (Å²) in [6.07, 6.45) is 2.10. The molecule has 0 radical (unpaired) electrons. The van der Waals surface area contributed by atoms with Gasteiger partial charge < -0.3 is 10.6 Å². The number of likely N-dealkylation sites (tertiary alicyclic amines) is 1. The molecule has 0 saturated carbocycles. The van der Waals surface area contributed by atoms with Gasteiger partial charge in [-0.1, -0.05) is 29.3 Å². The average Bonchev–Trinajstić information content (AvgIpc) is 2.64. The van der Waals surface area contributed by atoms with Crippen molar-refractivity contribution in [2.45, 2.75) is 50.9 Å². The first kappa shape index (κ1) is 23.5. The first-order chi connectivity index (χ1) is 13.2. The average molecular weight is 447 g/mol. The zero-order chi connectivity index (χ0) is 20.7. The molecule has 1 unspecified atom stereocenters. The number of guanidine groups is 1. The van der Waals surface area contributed by atoms with Crippen LogP contribution in [-0.2, 0) is 17.3 Å². The molecule has 1 heterocycles. The second-order valence-corrected chi connectivity index (χ2v) is 11.2. The molecule has 2 N–H and O–H groups in total. The highest BCUT2D eigenvalue weighted by Crippen LogP contribution is 2.24. The number of benzene rings is 1. The maximum Gasteiger partial charge on any atom is 0.191 e. The van der Waals surface area contributed by atoms with E-state index in [2.05, 4.69) is 20.5 Å². The fourth-order valence-corrected chi connectivity index (χ4v) is 4.31. The summed E-state index contributed by atoms with van der Waals surface area (Å²) in [5.41, 5.74) is 1.19. The van der Waals surface area contributed by atoms with Crippen molar-refractivity contribution >= 4 is 40.0 Å². The molecule has 1 saturated heterocycles. The molecule has 158 valence electrons. The number of aliphatic imine (C=N–C) groups is 1. The number of hydrogen-bond acceptors (Lipinski definition) is 3. The molecular formula is C20H32Cl2N4OS. The van der Waals surface area contributed by atoms with Gasteiger partial charge in [-0.25, -0.2) is 0 Å². The Bertz CT molecular complexity index is 698. The number of halogens is 2. The first-order valence-corrected chi connectivity index (χ1v) is 11.8. The molecule has 1 fully saturated rings. The zero-order valence-electron chi connectivity index (χ0n) is 17.2. The fourth-order valence-electron chi connectivity index (χ4n) is 3.09. The van der Waals surface area contributed by atoms with Crippen LogP contribution in [0.2, 0.25) is 10.0 Å². The number of piperidine rings is 1. The number of rotatable bonds is 6. The Morgan fingerprint density at radius 2 is 1.93 bits per heavy atom. The molecule has 2 rings (SSSR count). The molecule has 8 heteroatoms. The Labute approximate surface area is 181 Å². The van der Waals surface area contributed by atoms with Gasteiger partial charge in [-0.3, -0.25) is 14.1 Å². The maximum absolute atomic E-state index is 12.1. The van der Waals surface area contributed by atoms with Crippen LogP contribution < -0.4 is 10.6 Å². The van der Waals surface area contributed by atoms with Gasteiger partial charge in [0.2, 0.25) is 0 Å². The van der Waals surface area contributed by atoms with Crippen molar-refractivity contribution in [3.63, 3.8) is 0 Å². The van der Waals surface area contributed by atoms with Crippen molar-refractivity contribution in [3.8, 4) is 0 Å². The lowest BCUT2D eigenvalue weighted by Crippen LogP contribution is -2.49. The van der Waals surface area contributed by atoms with E-state index in [4.69, 9.17) is 23.2 Å². The number of hydrogen-bond donors (Lipinski definition) is 2. The zero-order valence-corrected chi connectivity index (χ0v) is 19.6. The van der Waals surface area contributed by atoms with E-state index in [1.165, 1.54) is 5.56 Å². The highest BCUT2D eigenvalue weighted by atomic mass is 35.5. The quantitative estimate of drug-likeness (QED) is 0.516. The predicted molar refractivity (Wildman–Crippen MR) is 122 cm³/mol. The monoisotopic (exact) mass is 446 g/mol. The first-order valence-electron chi connectivity index (χ1n) is 9.71. The van der Waals surface area contributed by atoms with Crippen molar-refractivity contribution < 1.29 is 4.21 Å². The number of nitrogens with one attached hydrogen (secondary N) is 2. The molecule has 28 heavy (non-hydrogen) atoms. The molecule has 0 bridgehead atoms. The fraction of sp³-hybridized carbons (Fsp3) is 0.650. The highest BCUT2D eigenvalue weighted by Gasteiger charge is 2.21. The van der Waals surface area contributed by atoms with E-state index < -0.39 is 10.8 Å². The van der Waals surface area contributed by atoms with Gasteiger partial charge in [0.1, 0.15) is 0 Å². The van der Waals surface area contributed by atoms with Crippen LogP contribution in [0.1, 0.15) is 39.2 Å². The summed E-state index contributed by atoms with van der Waals surface area (Å²) in [7, 11) is 0.914. The van der Waals surface area contributed by atoms with Crippen molar-refractivity contribution in [2.24, 2.45) is 4.99 Å². The maximum atomic E-state index is 12.1. The van der Waals surface area contributed by atoms with Crippen LogP contribution in [0, 0.1) is 0 Å².